The molecule has 0 radical (unpaired) electrons. The summed E-state index contributed by atoms with van der Waals surface area (Å²) in [5.74, 6) is 0.484. The van der Waals surface area contributed by atoms with Crippen LogP contribution in [0.4, 0.5) is 5.13 Å². The Balaban J connectivity index is 1.43. The first-order chi connectivity index (χ1) is 13.6. The van der Waals surface area contributed by atoms with Gasteiger partial charge in [0.05, 0.1) is 12.1 Å². The maximum absolute atomic E-state index is 12.1. The van der Waals surface area contributed by atoms with Crippen LogP contribution in [-0.2, 0) is 29.2 Å². The molecule has 0 saturated heterocycles. The summed E-state index contributed by atoms with van der Waals surface area (Å²) in [5.41, 5.74) is 2.73. The quantitative estimate of drug-likeness (QED) is 0.611. The van der Waals surface area contributed by atoms with Gasteiger partial charge in [0.2, 0.25) is 11.8 Å². The molecule has 0 aliphatic heterocycles. The molecule has 0 spiro atoms. The second kappa shape index (κ2) is 9.66. The third kappa shape index (κ3) is 6.21. The van der Waals surface area contributed by atoms with Crippen molar-refractivity contribution in [2.24, 2.45) is 0 Å². The largest absolute Gasteiger partial charge is 0.489 e. The van der Waals surface area contributed by atoms with Gasteiger partial charge in [-0.3, -0.25) is 9.59 Å². The fourth-order valence-electron chi connectivity index (χ4n) is 2.47. The normalized spacial score (nSPS) is 10.3. The molecular weight excluding hydrogens is 374 g/mol. The predicted molar refractivity (Wildman–Crippen MR) is 109 cm³/mol. The van der Waals surface area contributed by atoms with Gasteiger partial charge in [0, 0.05) is 18.8 Å². The zero-order chi connectivity index (χ0) is 19.8. The molecule has 2 aromatic carbocycles. The lowest BCUT2D eigenvalue weighted by Crippen LogP contribution is -2.24. The van der Waals surface area contributed by atoms with Crippen molar-refractivity contribution in [3.8, 4) is 5.75 Å². The van der Waals surface area contributed by atoms with Gasteiger partial charge in [-0.15, -0.1) is 11.3 Å². The van der Waals surface area contributed by atoms with Gasteiger partial charge < -0.3 is 15.4 Å². The van der Waals surface area contributed by atoms with Crippen molar-refractivity contribution in [1.82, 2.24) is 10.3 Å². The van der Waals surface area contributed by atoms with Gasteiger partial charge in [0.1, 0.15) is 12.4 Å². The van der Waals surface area contributed by atoms with Crippen molar-refractivity contribution in [2.45, 2.75) is 26.5 Å². The number of amides is 2. The van der Waals surface area contributed by atoms with Crippen LogP contribution in [0.3, 0.4) is 0 Å². The van der Waals surface area contributed by atoms with E-state index >= 15 is 0 Å². The smallest absolute Gasteiger partial charge is 0.226 e. The van der Waals surface area contributed by atoms with Crippen LogP contribution in [0.1, 0.15) is 23.7 Å². The number of thiazole rings is 1. The lowest BCUT2D eigenvalue weighted by molar-refractivity contribution is -0.120. The number of anilines is 1. The number of nitrogens with one attached hydrogen (secondary N) is 2. The van der Waals surface area contributed by atoms with Crippen LogP contribution in [0.15, 0.2) is 60.0 Å². The van der Waals surface area contributed by atoms with Crippen molar-refractivity contribution in [2.75, 3.05) is 5.32 Å². The molecule has 6 nitrogen and oxygen atoms in total. The number of carbonyl (C=O) groups is 2. The average molecular weight is 395 g/mol. The molecule has 2 N–H and O–H groups in total. The summed E-state index contributed by atoms with van der Waals surface area (Å²) >= 11 is 1.30. The fraction of sp³-hybridized carbons (Fsp3) is 0.190. The molecule has 1 heterocycles. The number of carbonyl (C=O) groups excluding carboxylic acids is 2. The minimum absolute atomic E-state index is 0.121. The van der Waals surface area contributed by atoms with Crippen LogP contribution in [-0.4, -0.2) is 16.8 Å². The number of aromatic nitrogens is 1. The second-order valence-corrected chi connectivity index (χ2v) is 7.06. The third-order valence-electron chi connectivity index (χ3n) is 3.84. The van der Waals surface area contributed by atoms with E-state index in [-0.39, 0.29) is 18.2 Å². The first kappa shape index (κ1) is 19.6. The summed E-state index contributed by atoms with van der Waals surface area (Å²) in [6.45, 7) is 2.37. The van der Waals surface area contributed by atoms with Crippen molar-refractivity contribution in [3.05, 3.63) is 76.8 Å². The SMILES string of the molecule is CC(=O)Nc1nc(CC(=O)NCc2ccc(OCc3ccccc3)cc2)cs1. The molecule has 0 bridgehead atoms. The summed E-state index contributed by atoms with van der Waals surface area (Å²) in [5, 5.41) is 7.75. The number of hydrogen-bond donors (Lipinski definition) is 2. The van der Waals surface area contributed by atoms with E-state index in [0.29, 0.717) is 24.0 Å². The molecule has 144 valence electrons. The lowest BCUT2D eigenvalue weighted by Gasteiger charge is -2.08. The van der Waals surface area contributed by atoms with Crippen molar-refractivity contribution in [1.29, 1.82) is 0 Å². The molecule has 3 rings (SSSR count). The Morgan fingerprint density at radius 1 is 1.04 bits per heavy atom. The van der Waals surface area contributed by atoms with Crippen molar-refractivity contribution >= 4 is 28.3 Å². The van der Waals surface area contributed by atoms with Crippen LogP contribution in [0.5, 0.6) is 5.75 Å². The maximum atomic E-state index is 12.1. The summed E-state index contributed by atoms with van der Waals surface area (Å²) in [6.07, 6.45) is 0.175. The van der Waals surface area contributed by atoms with Crippen molar-refractivity contribution < 1.29 is 14.3 Å². The molecule has 0 saturated carbocycles. The minimum Gasteiger partial charge on any atom is -0.489 e. The molecule has 1 aromatic heterocycles. The van der Waals surface area contributed by atoms with Gasteiger partial charge in [-0.2, -0.15) is 0 Å². The summed E-state index contributed by atoms with van der Waals surface area (Å²) < 4.78 is 5.76. The van der Waals surface area contributed by atoms with E-state index in [1.807, 2.05) is 54.6 Å². The number of benzene rings is 2. The Kier molecular flexibility index (Phi) is 6.75. The molecule has 28 heavy (non-hydrogen) atoms. The van der Waals surface area contributed by atoms with Crippen LogP contribution >= 0.6 is 11.3 Å². The lowest BCUT2D eigenvalue weighted by atomic mass is 10.2. The standard InChI is InChI=1S/C21H21N3O3S/c1-15(25)23-21-24-18(14-28-21)11-20(26)22-12-16-7-9-19(10-8-16)27-13-17-5-3-2-4-6-17/h2-10,14H,11-13H2,1H3,(H,22,26)(H,23,24,25). The molecule has 3 aromatic rings. The Hall–Kier alpha value is -3.19. The molecular formula is C21H21N3O3S. The number of ether oxygens (including phenoxy) is 1. The Labute approximate surface area is 167 Å². The fourth-order valence-corrected chi connectivity index (χ4v) is 3.22. The van der Waals surface area contributed by atoms with Gasteiger partial charge >= 0.3 is 0 Å². The number of rotatable bonds is 8. The Morgan fingerprint density at radius 3 is 2.50 bits per heavy atom. The maximum Gasteiger partial charge on any atom is 0.226 e. The zero-order valence-electron chi connectivity index (χ0n) is 15.5. The highest BCUT2D eigenvalue weighted by Gasteiger charge is 2.08. The second-order valence-electron chi connectivity index (χ2n) is 6.20. The van der Waals surface area contributed by atoms with Crippen LogP contribution < -0.4 is 15.4 Å². The van der Waals surface area contributed by atoms with E-state index in [1.165, 1.54) is 18.3 Å². The highest BCUT2D eigenvalue weighted by Crippen LogP contribution is 2.16. The summed E-state index contributed by atoms with van der Waals surface area (Å²) in [7, 11) is 0. The molecule has 0 fully saturated rings. The highest BCUT2D eigenvalue weighted by atomic mass is 32.1. The van der Waals surface area contributed by atoms with Gasteiger partial charge in [0.25, 0.3) is 0 Å². The van der Waals surface area contributed by atoms with E-state index in [4.69, 9.17) is 4.74 Å². The minimum atomic E-state index is -0.179. The van der Waals surface area contributed by atoms with E-state index in [9.17, 15) is 9.59 Å². The van der Waals surface area contributed by atoms with E-state index in [0.717, 1.165) is 16.9 Å². The van der Waals surface area contributed by atoms with Gasteiger partial charge in [-0.05, 0) is 23.3 Å². The van der Waals surface area contributed by atoms with Gasteiger partial charge in [0.15, 0.2) is 5.13 Å². The molecule has 0 aliphatic carbocycles. The van der Waals surface area contributed by atoms with Crippen LogP contribution in [0, 0.1) is 0 Å². The molecule has 0 unspecified atom stereocenters. The molecule has 0 atom stereocenters. The highest BCUT2D eigenvalue weighted by molar-refractivity contribution is 7.13. The molecule has 0 aliphatic rings. The first-order valence-corrected chi connectivity index (χ1v) is 9.71. The Bertz CT molecular complexity index is 924. The summed E-state index contributed by atoms with van der Waals surface area (Å²) in [6, 6.07) is 17.6. The zero-order valence-corrected chi connectivity index (χ0v) is 16.3. The number of hydrogen-bond acceptors (Lipinski definition) is 5. The first-order valence-electron chi connectivity index (χ1n) is 8.83. The molecule has 7 heteroatoms. The van der Waals surface area contributed by atoms with Crippen LogP contribution in [0.25, 0.3) is 0 Å². The van der Waals surface area contributed by atoms with Crippen molar-refractivity contribution in [3.63, 3.8) is 0 Å². The summed E-state index contributed by atoms with van der Waals surface area (Å²) in [4.78, 5) is 27.3. The Morgan fingerprint density at radius 2 is 1.79 bits per heavy atom. The van der Waals surface area contributed by atoms with E-state index in [2.05, 4.69) is 15.6 Å². The number of nitrogens with zero attached hydrogens (tertiary/aromatic N) is 1. The van der Waals surface area contributed by atoms with Gasteiger partial charge in [-0.1, -0.05) is 42.5 Å². The predicted octanol–water partition coefficient (Wildman–Crippen LogP) is 3.54. The molecule has 2 amide bonds. The van der Waals surface area contributed by atoms with E-state index < -0.39 is 0 Å². The van der Waals surface area contributed by atoms with Gasteiger partial charge in [-0.25, -0.2) is 4.98 Å². The monoisotopic (exact) mass is 395 g/mol. The van der Waals surface area contributed by atoms with Crippen LogP contribution in [0.2, 0.25) is 0 Å². The average Bonchev–Trinajstić information content (AvgIpc) is 3.12. The topological polar surface area (TPSA) is 80.3 Å². The van der Waals surface area contributed by atoms with E-state index in [1.54, 1.807) is 5.38 Å². The third-order valence-corrected chi connectivity index (χ3v) is 4.64.